The zero-order chi connectivity index (χ0) is 14.8. The second-order valence-corrected chi connectivity index (χ2v) is 6.76. The van der Waals surface area contributed by atoms with Crippen molar-refractivity contribution in [2.24, 2.45) is 0 Å². The molecule has 1 saturated heterocycles. The van der Waals surface area contributed by atoms with Crippen molar-refractivity contribution in [1.82, 2.24) is 4.72 Å². The predicted octanol–water partition coefficient (Wildman–Crippen LogP) is 0.645. The molecule has 0 bridgehead atoms. The van der Waals surface area contributed by atoms with Gasteiger partial charge < -0.3 is 14.6 Å². The molecule has 0 aromatic heterocycles. The fourth-order valence-electron chi connectivity index (χ4n) is 2.16. The largest absolute Gasteiger partial charge is 0.495 e. The van der Waals surface area contributed by atoms with Crippen LogP contribution in [0.1, 0.15) is 18.9 Å². The zero-order valence-electron chi connectivity index (χ0n) is 11.5. The summed E-state index contributed by atoms with van der Waals surface area (Å²) in [5.41, 5.74) is -0.00401. The van der Waals surface area contributed by atoms with E-state index in [-0.39, 0.29) is 17.3 Å². The third kappa shape index (κ3) is 3.12. The number of rotatable bonds is 5. The topological polar surface area (TPSA) is 84.9 Å². The van der Waals surface area contributed by atoms with Crippen molar-refractivity contribution in [3.63, 3.8) is 0 Å². The summed E-state index contributed by atoms with van der Waals surface area (Å²) in [6.07, 6.45) is 0.628. The van der Waals surface area contributed by atoms with Crippen molar-refractivity contribution >= 4 is 10.0 Å². The summed E-state index contributed by atoms with van der Waals surface area (Å²) in [7, 11) is -2.31. The molecule has 1 unspecified atom stereocenters. The van der Waals surface area contributed by atoms with Crippen molar-refractivity contribution in [3.8, 4) is 5.75 Å². The average molecular weight is 301 g/mol. The Morgan fingerprint density at radius 2 is 2.25 bits per heavy atom. The lowest BCUT2D eigenvalue weighted by Gasteiger charge is -2.23. The second kappa shape index (κ2) is 5.69. The molecule has 0 radical (unpaired) electrons. The minimum atomic E-state index is -3.71. The smallest absolute Gasteiger partial charge is 0.244 e. The molecule has 0 spiro atoms. The lowest BCUT2D eigenvalue weighted by Crippen LogP contribution is -2.46. The maximum Gasteiger partial charge on any atom is 0.244 e. The number of hydrogen-bond acceptors (Lipinski definition) is 5. The molecule has 6 nitrogen and oxygen atoms in total. The number of aliphatic hydroxyl groups excluding tert-OH is 1. The van der Waals surface area contributed by atoms with E-state index in [2.05, 4.69) is 4.72 Å². The highest BCUT2D eigenvalue weighted by Crippen LogP contribution is 2.28. The number of benzene rings is 1. The first-order valence-corrected chi connectivity index (χ1v) is 7.78. The summed E-state index contributed by atoms with van der Waals surface area (Å²) in [5.74, 6) is 0.214. The van der Waals surface area contributed by atoms with Crippen molar-refractivity contribution < 1.29 is 23.0 Å². The maximum atomic E-state index is 12.5. The van der Waals surface area contributed by atoms with Crippen LogP contribution in [0.25, 0.3) is 0 Å². The third-order valence-corrected chi connectivity index (χ3v) is 4.98. The van der Waals surface area contributed by atoms with Gasteiger partial charge in [0.15, 0.2) is 0 Å². The van der Waals surface area contributed by atoms with Crippen LogP contribution in [0.15, 0.2) is 23.1 Å². The van der Waals surface area contributed by atoms with E-state index in [0.717, 1.165) is 0 Å². The van der Waals surface area contributed by atoms with E-state index in [1.807, 2.05) is 6.92 Å². The molecule has 1 aliphatic rings. The molecule has 0 aliphatic carbocycles. The fraction of sp³-hybridized carbons (Fsp3) is 0.538. The van der Waals surface area contributed by atoms with Gasteiger partial charge in [0.1, 0.15) is 10.6 Å². The van der Waals surface area contributed by atoms with Gasteiger partial charge in [0.25, 0.3) is 0 Å². The van der Waals surface area contributed by atoms with Crippen molar-refractivity contribution in [3.05, 3.63) is 23.8 Å². The second-order valence-electron chi connectivity index (χ2n) is 5.11. The Labute approximate surface area is 118 Å². The van der Waals surface area contributed by atoms with E-state index in [0.29, 0.717) is 25.2 Å². The molecule has 1 fully saturated rings. The molecule has 1 heterocycles. The lowest BCUT2D eigenvalue weighted by atomic mass is 10.0. The van der Waals surface area contributed by atoms with Gasteiger partial charge in [0, 0.05) is 6.61 Å². The van der Waals surface area contributed by atoms with E-state index < -0.39 is 15.6 Å². The van der Waals surface area contributed by atoms with Gasteiger partial charge in [-0.05, 0) is 31.0 Å². The van der Waals surface area contributed by atoms with E-state index in [9.17, 15) is 8.42 Å². The number of ether oxygens (including phenoxy) is 2. The van der Waals surface area contributed by atoms with Crippen molar-refractivity contribution in [2.75, 3.05) is 20.3 Å². The van der Waals surface area contributed by atoms with E-state index in [1.54, 1.807) is 6.07 Å². The number of hydrogen-bond donors (Lipinski definition) is 2. The molecule has 112 valence electrons. The monoisotopic (exact) mass is 301 g/mol. The Morgan fingerprint density at radius 3 is 2.80 bits per heavy atom. The van der Waals surface area contributed by atoms with Gasteiger partial charge in [-0.1, -0.05) is 6.07 Å². The van der Waals surface area contributed by atoms with Crippen LogP contribution in [0.2, 0.25) is 0 Å². The van der Waals surface area contributed by atoms with Crippen LogP contribution in [0.3, 0.4) is 0 Å². The SMILES string of the molecule is COc1cc(CO)ccc1S(=O)(=O)NC1(C)CCOC1. The Balaban J connectivity index is 2.33. The molecule has 2 rings (SSSR count). The molecular weight excluding hydrogens is 282 g/mol. The quantitative estimate of drug-likeness (QED) is 0.834. The summed E-state index contributed by atoms with van der Waals surface area (Å²) in [6, 6.07) is 4.51. The molecule has 1 aliphatic heterocycles. The zero-order valence-corrected chi connectivity index (χ0v) is 12.4. The van der Waals surface area contributed by atoms with Gasteiger partial charge >= 0.3 is 0 Å². The van der Waals surface area contributed by atoms with Crippen LogP contribution in [-0.2, 0) is 21.4 Å². The summed E-state index contributed by atoms with van der Waals surface area (Å²) >= 11 is 0. The van der Waals surface area contributed by atoms with Crippen LogP contribution >= 0.6 is 0 Å². The predicted molar refractivity (Wildman–Crippen MR) is 73.1 cm³/mol. The lowest BCUT2D eigenvalue weighted by molar-refractivity contribution is 0.178. The summed E-state index contributed by atoms with van der Waals surface area (Å²) in [6.45, 7) is 2.53. The highest BCUT2D eigenvalue weighted by atomic mass is 32.2. The highest BCUT2D eigenvalue weighted by Gasteiger charge is 2.35. The van der Waals surface area contributed by atoms with Crippen LogP contribution in [0.5, 0.6) is 5.75 Å². The summed E-state index contributed by atoms with van der Waals surface area (Å²) in [5, 5.41) is 9.08. The van der Waals surface area contributed by atoms with Gasteiger partial charge in [-0.3, -0.25) is 0 Å². The Morgan fingerprint density at radius 1 is 1.50 bits per heavy atom. The van der Waals surface area contributed by atoms with Gasteiger partial charge in [0.05, 0.1) is 25.9 Å². The standard InChI is InChI=1S/C13H19NO5S/c1-13(5-6-19-9-13)14-20(16,17)12-4-3-10(8-15)7-11(12)18-2/h3-4,7,14-15H,5-6,8-9H2,1-2H3. The normalized spacial score (nSPS) is 22.9. The Hall–Kier alpha value is -1.15. The molecule has 1 aromatic carbocycles. The maximum absolute atomic E-state index is 12.5. The van der Waals surface area contributed by atoms with Gasteiger partial charge in [-0.2, -0.15) is 0 Å². The number of nitrogens with one attached hydrogen (secondary N) is 1. The van der Waals surface area contributed by atoms with Gasteiger partial charge in [-0.15, -0.1) is 0 Å². The van der Waals surface area contributed by atoms with Gasteiger partial charge in [0.2, 0.25) is 10.0 Å². The minimum absolute atomic E-state index is 0.0605. The molecule has 0 saturated carbocycles. The average Bonchev–Trinajstić information content (AvgIpc) is 2.83. The van der Waals surface area contributed by atoms with Crippen LogP contribution in [0, 0.1) is 0 Å². The molecule has 20 heavy (non-hydrogen) atoms. The van der Waals surface area contributed by atoms with Crippen molar-refractivity contribution in [2.45, 2.75) is 30.4 Å². The molecule has 1 aromatic rings. The third-order valence-electron chi connectivity index (χ3n) is 3.30. The minimum Gasteiger partial charge on any atom is -0.495 e. The first-order valence-electron chi connectivity index (χ1n) is 6.30. The molecule has 7 heteroatoms. The molecule has 2 N–H and O–H groups in total. The first kappa shape index (κ1) is 15.2. The summed E-state index contributed by atoms with van der Waals surface area (Å²) < 4.78 is 37.9. The Bertz CT molecular complexity index is 578. The first-order chi connectivity index (χ1) is 9.40. The summed E-state index contributed by atoms with van der Waals surface area (Å²) in [4.78, 5) is 0.0605. The molecule has 0 amide bonds. The number of sulfonamides is 1. The highest BCUT2D eigenvalue weighted by molar-refractivity contribution is 7.89. The van der Waals surface area contributed by atoms with Crippen LogP contribution < -0.4 is 9.46 Å². The van der Waals surface area contributed by atoms with Crippen LogP contribution in [0.4, 0.5) is 0 Å². The van der Waals surface area contributed by atoms with Gasteiger partial charge in [-0.25, -0.2) is 13.1 Å². The van der Waals surface area contributed by atoms with E-state index in [1.165, 1.54) is 19.2 Å². The molecule has 1 atom stereocenters. The molecular formula is C13H19NO5S. The fourth-order valence-corrected chi connectivity index (χ4v) is 3.73. The number of aliphatic hydroxyl groups is 1. The van der Waals surface area contributed by atoms with Crippen LogP contribution in [-0.4, -0.2) is 39.4 Å². The van der Waals surface area contributed by atoms with E-state index >= 15 is 0 Å². The Kier molecular flexibility index (Phi) is 4.33. The van der Waals surface area contributed by atoms with E-state index in [4.69, 9.17) is 14.6 Å². The van der Waals surface area contributed by atoms with Crippen molar-refractivity contribution in [1.29, 1.82) is 0 Å². The number of methoxy groups -OCH3 is 1.